The molecule has 0 aromatic carbocycles. The van der Waals surface area contributed by atoms with Crippen molar-refractivity contribution in [3.8, 4) is 0 Å². The van der Waals surface area contributed by atoms with Gasteiger partial charge in [0.2, 0.25) is 0 Å². The first-order valence-electron chi connectivity index (χ1n) is 26.6. The molecule has 2 N–H and O–H groups in total. The van der Waals surface area contributed by atoms with Gasteiger partial charge in [-0.15, -0.1) is 0 Å². The Morgan fingerprint density at radius 1 is 0.393 bits per heavy atom. The highest BCUT2D eigenvalue weighted by atomic mass is 16.5. The average molecular weight is 870 g/mol. The van der Waals surface area contributed by atoms with Crippen LogP contribution in [0.2, 0.25) is 0 Å². The van der Waals surface area contributed by atoms with Crippen molar-refractivity contribution in [1.82, 2.24) is 4.90 Å². The van der Waals surface area contributed by atoms with Crippen LogP contribution in [0.25, 0.3) is 0 Å². The van der Waals surface area contributed by atoms with Crippen molar-refractivity contribution in [3.05, 3.63) is 0 Å². The third-order valence-electron chi connectivity index (χ3n) is 12.8. The Hall–Kier alpha value is -1.63. The van der Waals surface area contributed by atoms with Gasteiger partial charge in [0.25, 0.3) is 19.4 Å². The molecule has 61 heavy (non-hydrogen) atoms. The van der Waals surface area contributed by atoms with E-state index in [1.54, 1.807) is 0 Å². The molecule has 0 bridgehead atoms. The fourth-order valence-corrected chi connectivity index (χ4v) is 8.52. The van der Waals surface area contributed by atoms with Gasteiger partial charge in [-0.2, -0.15) is 0 Å². The molecule has 1 unspecified atom stereocenters. The van der Waals surface area contributed by atoms with Crippen molar-refractivity contribution in [3.63, 3.8) is 0 Å². The van der Waals surface area contributed by atoms with Crippen molar-refractivity contribution in [2.24, 2.45) is 17.8 Å². The molecule has 7 nitrogen and oxygen atoms in total. The normalized spacial score (nSPS) is 11.4. The predicted molar refractivity (Wildman–Crippen MR) is 267 cm³/mol. The maximum absolute atomic E-state index is 10.1. The van der Waals surface area contributed by atoms with Gasteiger partial charge in [0.05, 0.1) is 6.61 Å². The summed E-state index contributed by atoms with van der Waals surface area (Å²) in [6.45, 7) is 18.1. The van der Waals surface area contributed by atoms with Gasteiger partial charge in [-0.05, 0) is 64.5 Å². The summed E-state index contributed by atoms with van der Waals surface area (Å²) in [5.74, 6) is 2.78. The highest BCUT2D eigenvalue weighted by Crippen LogP contribution is 2.26. The summed E-state index contributed by atoms with van der Waals surface area (Å²) in [6, 6.07) is 0.685. The lowest BCUT2D eigenvalue weighted by atomic mass is 9.89. The molecule has 0 aromatic heterocycles. The van der Waals surface area contributed by atoms with Crippen LogP contribution in [0.4, 0.5) is 0 Å². The zero-order valence-corrected chi connectivity index (χ0v) is 42.6. The van der Waals surface area contributed by atoms with E-state index in [0.29, 0.717) is 19.1 Å². The molecule has 1 atom stereocenters. The van der Waals surface area contributed by atoms with Gasteiger partial charge in [-0.3, -0.25) is 14.4 Å². The molecule has 0 aliphatic carbocycles. The summed E-state index contributed by atoms with van der Waals surface area (Å²) >= 11 is 0. The Morgan fingerprint density at radius 3 is 0.902 bits per heavy atom. The molecule has 0 radical (unpaired) electrons. The largest absolute Gasteiger partial charge is 0.483 e. The summed E-state index contributed by atoms with van der Waals surface area (Å²) in [6.07, 6.45) is 52.6. The second-order valence-corrected chi connectivity index (χ2v) is 18.6. The number of carbonyl (C=O) groups is 3. The Morgan fingerprint density at radius 2 is 0.623 bits per heavy atom. The Bertz CT molecular complexity index is 770. The lowest BCUT2D eigenvalue weighted by Crippen LogP contribution is -2.27. The number of carboxylic acid groups (broad SMARTS) is 2. The van der Waals surface area contributed by atoms with Crippen LogP contribution in [0.15, 0.2) is 0 Å². The molecule has 0 amide bonds. The van der Waals surface area contributed by atoms with Crippen LogP contribution >= 0.6 is 0 Å². The highest BCUT2D eigenvalue weighted by molar-refractivity contribution is 5.36. The fourth-order valence-electron chi connectivity index (χ4n) is 8.52. The summed E-state index contributed by atoms with van der Waals surface area (Å²) in [5, 5.41) is 13.8. The van der Waals surface area contributed by atoms with Crippen molar-refractivity contribution in [2.45, 2.75) is 292 Å². The lowest BCUT2D eigenvalue weighted by Gasteiger charge is -2.23. The minimum absolute atomic E-state index is 0.250. The van der Waals surface area contributed by atoms with Gasteiger partial charge in [0.1, 0.15) is 0 Å². The monoisotopic (exact) mass is 870 g/mol. The summed E-state index contributed by atoms with van der Waals surface area (Å²) in [7, 11) is 2.30. The molecule has 0 aromatic rings. The number of nitrogens with zero attached hydrogens (tertiary/aromatic N) is 1. The standard InChI is InChI=1S/C38H79N.C14H28O2.2CH2O2/c1-7-10-13-14-17-20-26-32-38(34-28-35-39(6)36(4)5)33-27-22-19-16-15-18-21-25-31-37(29-23-11-8-2)30-24-12-9-3;1-3-5-7-9-14(10-8-6-4-2)11-12-16-13-15;2*2-1-3/h36-38H,7-35H2,1-6H3;13-14H,3-12H2,1-2H3;2*1H,(H,2,3). The van der Waals surface area contributed by atoms with Gasteiger partial charge in [-0.1, -0.05) is 253 Å². The first kappa shape index (κ1) is 66.0. The summed E-state index contributed by atoms with van der Waals surface area (Å²) in [5.41, 5.74) is 0. The van der Waals surface area contributed by atoms with Crippen LogP contribution in [0.1, 0.15) is 286 Å². The molecule has 0 saturated heterocycles. The molecular formula is C54H111NO6. The van der Waals surface area contributed by atoms with Crippen molar-refractivity contribution < 1.29 is 29.3 Å². The molecule has 0 rings (SSSR count). The lowest BCUT2D eigenvalue weighted by molar-refractivity contribution is -0.129. The zero-order valence-electron chi connectivity index (χ0n) is 42.6. The van der Waals surface area contributed by atoms with Crippen LogP contribution in [0.3, 0.4) is 0 Å². The second kappa shape index (κ2) is 60.5. The number of unbranched alkanes of at least 4 members (excludes halogenated alkanes) is 21. The van der Waals surface area contributed by atoms with E-state index in [-0.39, 0.29) is 12.9 Å². The van der Waals surface area contributed by atoms with E-state index in [4.69, 9.17) is 24.5 Å². The van der Waals surface area contributed by atoms with Crippen molar-refractivity contribution >= 4 is 19.4 Å². The molecule has 0 saturated carbocycles. The number of carbonyl (C=O) groups excluding carboxylic acids is 1. The summed E-state index contributed by atoms with van der Waals surface area (Å²) in [4.78, 5) is 29.3. The van der Waals surface area contributed by atoms with Crippen molar-refractivity contribution in [1.29, 1.82) is 0 Å². The third kappa shape index (κ3) is 60.5. The van der Waals surface area contributed by atoms with Gasteiger partial charge in [-0.25, -0.2) is 0 Å². The number of rotatable bonds is 44. The van der Waals surface area contributed by atoms with Gasteiger partial charge in [0.15, 0.2) is 0 Å². The fraction of sp³-hybridized carbons (Fsp3) is 0.944. The van der Waals surface area contributed by atoms with E-state index in [1.807, 2.05) is 0 Å². The second-order valence-electron chi connectivity index (χ2n) is 18.6. The maximum atomic E-state index is 10.1. The number of hydrogen-bond acceptors (Lipinski definition) is 5. The van der Waals surface area contributed by atoms with E-state index in [9.17, 15) is 4.79 Å². The van der Waals surface area contributed by atoms with Crippen LogP contribution in [0, 0.1) is 17.8 Å². The van der Waals surface area contributed by atoms with Crippen LogP contribution < -0.4 is 0 Å². The molecule has 0 aliphatic heterocycles. The third-order valence-corrected chi connectivity index (χ3v) is 12.8. The van der Waals surface area contributed by atoms with Crippen LogP contribution in [-0.2, 0) is 19.1 Å². The molecule has 0 fully saturated rings. The zero-order chi connectivity index (χ0) is 46.3. The molecular weight excluding hydrogens is 759 g/mol. The smallest absolute Gasteiger partial charge is 0.293 e. The van der Waals surface area contributed by atoms with E-state index in [1.165, 1.54) is 238 Å². The number of hydrogen-bond donors (Lipinski definition) is 2. The summed E-state index contributed by atoms with van der Waals surface area (Å²) < 4.78 is 4.80. The first-order valence-corrected chi connectivity index (χ1v) is 26.6. The molecule has 0 aliphatic rings. The van der Waals surface area contributed by atoms with E-state index in [0.717, 1.165) is 24.2 Å². The van der Waals surface area contributed by atoms with Gasteiger partial charge >= 0.3 is 0 Å². The van der Waals surface area contributed by atoms with E-state index < -0.39 is 0 Å². The molecule has 0 heterocycles. The Balaban J connectivity index is -0.000000607. The minimum atomic E-state index is -0.250. The van der Waals surface area contributed by atoms with E-state index >= 15 is 0 Å². The maximum Gasteiger partial charge on any atom is 0.293 e. The van der Waals surface area contributed by atoms with Gasteiger partial charge in [0, 0.05) is 6.04 Å². The topological polar surface area (TPSA) is 104 Å². The molecule has 0 spiro atoms. The average Bonchev–Trinajstić information content (AvgIpc) is 3.24. The predicted octanol–water partition coefficient (Wildman–Crippen LogP) is 17.3. The SMILES string of the molecule is CCCCCC(CCCCC)CCOC=O.CCCCCCCCCC(CCCCCCCCCCC(CCCCC)CCCCC)CCCN(C)C(C)C.O=CO.O=CO. The van der Waals surface area contributed by atoms with Crippen molar-refractivity contribution in [2.75, 3.05) is 20.2 Å². The Labute approximate surface area is 382 Å². The van der Waals surface area contributed by atoms with Gasteiger partial charge < -0.3 is 19.8 Å². The molecule has 7 heteroatoms. The van der Waals surface area contributed by atoms with Crippen LogP contribution in [-0.4, -0.2) is 60.8 Å². The highest BCUT2D eigenvalue weighted by Gasteiger charge is 2.12. The van der Waals surface area contributed by atoms with Crippen LogP contribution in [0.5, 0.6) is 0 Å². The molecule has 368 valence electrons. The quantitative estimate of drug-likeness (QED) is 0.0464. The minimum Gasteiger partial charge on any atom is -0.483 e. The Kier molecular flexibility index (Phi) is 65.4. The first-order chi connectivity index (χ1) is 29.7. The van der Waals surface area contributed by atoms with E-state index in [2.05, 4.69) is 60.4 Å². The number of ether oxygens (including phenoxy) is 1.